The minimum atomic E-state index is -0.935. The Bertz CT molecular complexity index is 1150. The van der Waals surface area contributed by atoms with Gasteiger partial charge in [-0.15, -0.1) is 0 Å². The number of halogens is 2. The van der Waals surface area contributed by atoms with Gasteiger partial charge in [0, 0.05) is 11.4 Å². The molecular formula is C27H30F2N4O3. The van der Waals surface area contributed by atoms with Crippen LogP contribution in [0.1, 0.15) is 30.4 Å². The number of anilines is 2. The average Bonchev–Trinajstić information content (AvgIpc) is 2.86. The molecule has 3 amide bonds. The van der Waals surface area contributed by atoms with Crippen molar-refractivity contribution in [2.24, 2.45) is 5.73 Å². The Balaban J connectivity index is 1.54. The molecule has 9 heteroatoms. The molecule has 7 nitrogen and oxygen atoms in total. The summed E-state index contributed by atoms with van der Waals surface area (Å²) >= 11 is 0. The highest BCUT2D eigenvalue weighted by atomic mass is 19.2. The fourth-order valence-electron chi connectivity index (χ4n) is 3.38. The van der Waals surface area contributed by atoms with Crippen molar-refractivity contribution in [1.29, 1.82) is 0 Å². The van der Waals surface area contributed by atoms with E-state index in [9.17, 15) is 18.4 Å². The molecule has 0 aliphatic carbocycles. The van der Waals surface area contributed by atoms with E-state index in [4.69, 9.17) is 10.5 Å². The molecule has 0 fully saturated rings. The Morgan fingerprint density at radius 1 is 0.889 bits per heavy atom. The van der Waals surface area contributed by atoms with Crippen molar-refractivity contribution in [2.75, 3.05) is 17.2 Å². The second-order valence-electron chi connectivity index (χ2n) is 8.35. The highest BCUT2D eigenvalue weighted by molar-refractivity contribution is 5.99. The standard InChI is InChI=1S/C27H30F2N4O3/c1-18-5-8-20(9-6-18)31-26(34)25(4-2-3-15-30)33-27(35)32-21-10-12-22(13-11-21)36-17-19-7-14-23(28)24(29)16-19/h5-14,16,25H,2-4,15,17,30H2,1H3,(H,31,34)(H2,32,33,35)/t25-/m0/s1. The fraction of sp³-hybridized carbons (Fsp3) is 0.259. The largest absolute Gasteiger partial charge is 0.489 e. The first-order chi connectivity index (χ1) is 17.3. The Kier molecular flexibility index (Phi) is 9.76. The molecule has 0 aliphatic rings. The van der Waals surface area contributed by atoms with Gasteiger partial charge < -0.3 is 26.4 Å². The first kappa shape index (κ1) is 26.6. The molecule has 190 valence electrons. The number of unbranched alkanes of at least 4 members (excludes halogenated alkanes) is 1. The number of aryl methyl sites for hydroxylation is 1. The number of amides is 3. The minimum Gasteiger partial charge on any atom is -0.489 e. The van der Waals surface area contributed by atoms with Crippen LogP contribution in [0.25, 0.3) is 0 Å². The number of urea groups is 1. The molecule has 0 radical (unpaired) electrons. The number of carbonyl (C=O) groups excluding carboxylic acids is 2. The van der Waals surface area contributed by atoms with Crippen molar-refractivity contribution in [2.45, 2.75) is 38.8 Å². The molecule has 3 aromatic carbocycles. The van der Waals surface area contributed by atoms with Gasteiger partial charge in [-0.25, -0.2) is 13.6 Å². The second-order valence-corrected chi connectivity index (χ2v) is 8.35. The summed E-state index contributed by atoms with van der Waals surface area (Å²) in [7, 11) is 0. The summed E-state index contributed by atoms with van der Waals surface area (Å²) in [6.07, 6.45) is 1.87. The third-order valence-corrected chi connectivity index (χ3v) is 5.39. The van der Waals surface area contributed by atoms with E-state index in [1.807, 2.05) is 19.1 Å². The zero-order valence-corrected chi connectivity index (χ0v) is 20.0. The third kappa shape index (κ3) is 8.35. The quantitative estimate of drug-likeness (QED) is 0.277. The van der Waals surface area contributed by atoms with Crippen molar-refractivity contribution in [3.63, 3.8) is 0 Å². The predicted molar refractivity (Wildman–Crippen MR) is 136 cm³/mol. The van der Waals surface area contributed by atoms with Crippen molar-refractivity contribution in [3.05, 3.63) is 89.5 Å². The first-order valence-corrected chi connectivity index (χ1v) is 11.7. The van der Waals surface area contributed by atoms with Crippen LogP contribution in [0.2, 0.25) is 0 Å². The molecule has 0 spiro atoms. The van der Waals surface area contributed by atoms with Crippen LogP contribution in [-0.2, 0) is 11.4 Å². The lowest BCUT2D eigenvalue weighted by Crippen LogP contribution is -2.45. The lowest BCUT2D eigenvalue weighted by Gasteiger charge is -2.19. The minimum absolute atomic E-state index is 0.0606. The number of benzene rings is 3. The molecule has 0 aliphatic heterocycles. The van der Waals surface area contributed by atoms with E-state index >= 15 is 0 Å². The number of nitrogens with one attached hydrogen (secondary N) is 3. The van der Waals surface area contributed by atoms with Crippen LogP contribution >= 0.6 is 0 Å². The normalized spacial score (nSPS) is 11.4. The summed E-state index contributed by atoms with van der Waals surface area (Å²) in [5, 5.41) is 8.26. The SMILES string of the molecule is Cc1ccc(NC(=O)[C@H](CCCCN)NC(=O)Nc2ccc(OCc3ccc(F)c(F)c3)cc2)cc1. The van der Waals surface area contributed by atoms with Crippen LogP contribution in [0.5, 0.6) is 5.75 Å². The second kappa shape index (κ2) is 13.2. The molecule has 0 aromatic heterocycles. The van der Waals surface area contributed by atoms with Crippen LogP contribution in [0.15, 0.2) is 66.7 Å². The molecule has 3 rings (SSSR count). The van der Waals surface area contributed by atoms with E-state index in [-0.39, 0.29) is 12.5 Å². The van der Waals surface area contributed by atoms with E-state index in [2.05, 4.69) is 16.0 Å². The molecule has 0 bridgehead atoms. The van der Waals surface area contributed by atoms with Gasteiger partial charge in [0.15, 0.2) is 11.6 Å². The average molecular weight is 497 g/mol. The molecule has 5 N–H and O–H groups in total. The van der Waals surface area contributed by atoms with E-state index in [1.165, 1.54) is 6.07 Å². The monoisotopic (exact) mass is 496 g/mol. The molecular weight excluding hydrogens is 466 g/mol. The molecule has 0 saturated carbocycles. The number of hydrogen-bond donors (Lipinski definition) is 4. The van der Waals surface area contributed by atoms with E-state index in [1.54, 1.807) is 36.4 Å². The maximum atomic E-state index is 13.3. The first-order valence-electron chi connectivity index (χ1n) is 11.7. The van der Waals surface area contributed by atoms with Crippen LogP contribution in [-0.4, -0.2) is 24.5 Å². The number of rotatable bonds is 11. The summed E-state index contributed by atoms with van der Waals surface area (Å²) in [6.45, 7) is 2.52. The van der Waals surface area contributed by atoms with Gasteiger partial charge in [-0.2, -0.15) is 0 Å². The lowest BCUT2D eigenvalue weighted by molar-refractivity contribution is -0.118. The summed E-state index contributed by atoms with van der Waals surface area (Å²) in [5.41, 5.74) is 8.27. The van der Waals surface area contributed by atoms with E-state index < -0.39 is 23.7 Å². The molecule has 0 unspecified atom stereocenters. The third-order valence-electron chi connectivity index (χ3n) is 5.39. The number of ether oxygens (including phenoxy) is 1. The van der Waals surface area contributed by atoms with Crippen molar-refractivity contribution in [3.8, 4) is 5.75 Å². The maximum Gasteiger partial charge on any atom is 0.319 e. The van der Waals surface area contributed by atoms with Crippen LogP contribution in [0.4, 0.5) is 25.0 Å². The zero-order valence-electron chi connectivity index (χ0n) is 20.0. The zero-order chi connectivity index (χ0) is 25.9. The Morgan fingerprint density at radius 2 is 1.56 bits per heavy atom. The summed E-state index contributed by atoms with van der Waals surface area (Å²) in [4.78, 5) is 25.4. The van der Waals surface area contributed by atoms with Crippen molar-refractivity contribution in [1.82, 2.24) is 5.32 Å². The van der Waals surface area contributed by atoms with Crippen LogP contribution in [0, 0.1) is 18.6 Å². The Hall–Kier alpha value is -3.98. The highest BCUT2D eigenvalue weighted by Gasteiger charge is 2.20. The lowest BCUT2D eigenvalue weighted by atomic mass is 10.1. The molecule has 0 saturated heterocycles. The predicted octanol–water partition coefficient (Wildman–Crippen LogP) is 5.11. The van der Waals surface area contributed by atoms with Gasteiger partial charge in [0.1, 0.15) is 18.4 Å². The Labute approximate surface area is 209 Å². The van der Waals surface area contributed by atoms with Crippen LogP contribution in [0.3, 0.4) is 0 Å². The highest BCUT2D eigenvalue weighted by Crippen LogP contribution is 2.18. The number of carbonyl (C=O) groups is 2. The van der Waals surface area contributed by atoms with Crippen molar-refractivity contribution >= 4 is 23.3 Å². The van der Waals surface area contributed by atoms with Gasteiger partial charge in [-0.3, -0.25) is 4.79 Å². The topological polar surface area (TPSA) is 105 Å². The van der Waals surface area contributed by atoms with Crippen molar-refractivity contribution < 1.29 is 23.1 Å². The summed E-state index contributed by atoms with van der Waals surface area (Å²) in [5.74, 6) is -1.67. The van der Waals surface area contributed by atoms with E-state index in [0.29, 0.717) is 42.1 Å². The summed E-state index contributed by atoms with van der Waals surface area (Å²) < 4.78 is 31.9. The van der Waals surface area contributed by atoms with Gasteiger partial charge in [-0.1, -0.05) is 23.8 Å². The fourth-order valence-corrected chi connectivity index (χ4v) is 3.38. The van der Waals surface area contributed by atoms with Gasteiger partial charge in [0.2, 0.25) is 5.91 Å². The van der Waals surface area contributed by atoms with Crippen LogP contribution < -0.4 is 26.4 Å². The molecule has 0 heterocycles. The number of nitrogens with two attached hydrogens (primary N) is 1. The summed E-state index contributed by atoms with van der Waals surface area (Å²) in [6, 6.07) is 16.2. The van der Waals surface area contributed by atoms with Gasteiger partial charge in [-0.05, 0) is 86.8 Å². The molecule has 1 atom stereocenters. The molecule has 36 heavy (non-hydrogen) atoms. The Morgan fingerprint density at radius 3 is 2.22 bits per heavy atom. The van der Waals surface area contributed by atoms with Gasteiger partial charge in [0.05, 0.1) is 0 Å². The van der Waals surface area contributed by atoms with Gasteiger partial charge >= 0.3 is 6.03 Å². The molecule has 3 aromatic rings. The smallest absolute Gasteiger partial charge is 0.319 e. The number of hydrogen-bond acceptors (Lipinski definition) is 4. The maximum absolute atomic E-state index is 13.3. The van der Waals surface area contributed by atoms with E-state index in [0.717, 1.165) is 24.1 Å². The van der Waals surface area contributed by atoms with Gasteiger partial charge in [0.25, 0.3) is 0 Å².